The van der Waals surface area contributed by atoms with Gasteiger partial charge in [0.15, 0.2) is 0 Å². The summed E-state index contributed by atoms with van der Waals surface area (Å²) in [5, 5.41) is 12.2. The molecule has 0 atom stereocenters. The van der Waals surface area contributed by atoms with E-state index in [1.807, 2.05) is 26.0 Å². The molecule has 104 valence electrons. The van der Waals surface area contributed by atoms with Crippen LogP contribution in [0.3, 0.4) is 0 Å². The maximum absolute atomic E-state index is 12.2. The molecule has 4 nitrogen and oxygen atoms in total. The number of phenolic OH excluding ortho intramolecular Hbond substituents is 1. The number of amides is 1. The molecule has 0 heterocycles. The maximum Gasteiger partial charge on any atom is 0.255 e. The van der Waals surface area contributed by atoms with Crippen LogP contribution in [-0.2, 0) is 0 Å². The molecule has 0 spiro atoms. The highest BCUT2D eigenvalue weighted by atomic mass is 16.3. The fourth-order valence-corrected chi connectivity index (χ4v) is 2.04. The van der Waals surface area contributed by atoms with E-state index in [-0.39, 0.29) is 11.7 Å². The Bertz CT molecular complexity index is 678. The number of rotatable bonds is 2. The van der Waals surface area contributed by atoms with Gasteiger partial charge in [0.05, 0.1) is 11.4 Å². The van der Waals surface area contributed by atoms with Crippen LogP contribution in [0.1, 0.15) is 27.0 Å². The van der Waals surface area contributed by atoms with Gasteiger partial charge in [0.2, 0.25) is 0 Å². The number of aryl methyl sites for hydroxylation is 3. The second-order valence-electron chi connectivity index (χ2n) is 4.98. The van der Waals surface area contributed by atoms with Crippen molar-refractivity contribution in [2.24, 2.45) is 0 Å². The highest BCUT2D eigenvalue weighted by molar-refractivity contribution is 6.06. The van der Waals surface area contributed by atoms with Gasteiger partial charge in [-0.1, -0.05) is 0 Å². The van der Waals surface area contributed by atoms with Crippen LogP contribution < -0.4 is 11.1 Å². The predicted molar refractivity (Wildman–Crippen MR) is 81.1 cm³/mol. The zero-order valence-electron chi connectivity index (χ0n) is 11.8. The molecular formula is C16H18N2O2. The van der Waals surface area contributed by atoms with Crippen molar-refractivity contribution < 1.29 is 9.90 Å². The first-order valence-electron chi connectivity index (χ1n) is 6.36. The molecule has 4 heteroatoms. The first-order valence-corrected chi connectivity index (χ1v) is 6.36. The van der Waals surface area contributed by atoms with Crippen LogP contribution in [0.15, 0.2) is 30.3 Å². The summed E-state index contributed by atoms with van der Waals surface area (Å²) in [5.41, 5.74) is 10.4. The van der Waals surface area contributed by atoms with Crippen molar-refractivity contribution in [1.29, 1.82) is 0 Å². The lowest BCUT2D eigenvalue weighted by Crippen LogP contribution is -2.14. The Hall–Kier alpha value is -2.49. The van der Waals surface area contributed by atoms with Gasteiger partial charge in [-0.2, -0.15) is 0 Å². The second kappa shape index (κ2) is 5.25. The molecule has 0 radical (unpaired) electrons. The van der Waals surface area contributed by atoms with Crippen molar-refractivity contribution in [3.05, 3.63) is 52.6 Å². The molecule has 0 aliphatic heterocycles. The standard InChI is InChI=1S/C16H18N2O2/c1-9-7-14(17)15(8-10(9)2)18-16(20)13-5-4-12(19)6-11(13)3/h4-8,19H,17H2,1-3H3,(H,18,20). The fraction of sp³-hybridized carbons (Fsp3) is 0.188. The Morgan fingerprint density at radius 3 is 2.35 bits per heavy atom. The summed E-state index contributed by atoms with van der Waals surface area (Å²) in [7, 11) is 0. The number of carbonyl (C=O) groups is 1. The highest BCUT2D eigenvalue weighted by Gasteiger charge is 2.12. The zero-order chi connectivity index (χ0) is 14.9. The first-order chi connectivity index (χ1) is 9.38. The molecule has 2 aromatic carbocycles. The zero-order valence-corrected chi connectivity index (χ0v) is 11.8. The Morgan fingerprint density at radius 2 is 1.70 bits per heavy atom. The number of nitrogens with one attached hydrogen (secondary N) is 1. The molecule has 2 aromatic rings. The summed E-state index contributed by atoms with van der Waals surface area (Å²) in [5.74, 6) is -0.0952. The monoisotopic (exact) mass is 270 g/mol. The SMILES string of the molecule is Cc1cc(N)c(NC(=O)c2ccc(O)cc2C)cc1C. The Balaban J connectivity index is 2.30. The van der Waals surface area contributed by atoms with Gasteiger partial charge in [0.25, 0.3) is 5.91 Å². The maximum atomic E-state index is 12.2. The fourth-order valence-electron chi connectivity index (χ4n) is 2.04. The third-order valence-electron chi connectivity index (χ3n) is 3.37. The van der Waals surface area contributed by atoms with Gasteiger partial charge in [-0.15, -0.1) is 0 Å². The molecule has 0 aliphatic rings. The lowest BCUT2D eigenvalue weighted by atomic mass is 10.1. The van der Waals surface area contributed by atoms with Gasteiger partial charge >= 0.3 is 0 Å². The summed E-state index contributed by atoms with van der Waals surface area (Å²) in [6.45, 7) is 5.72. The summed E-state index contributed by atoms with van der Waals surface area (Å²) in [6, 6.07) is 8.34. The van der Waals surface area contributed by atoms with E-state index in [1.54, 1.807) is 19.1 Å². The van der Waals surface area contributed by atoms with E-state index in [0.717, 1.165) is 11.1 Å². The average molecular weight is 270 g/mol. The summed E-state index contributed by atoms with van der Waals surface area (Å²) >= 11 is 0. The molecule has 0 aromatic heterocycles. The minimum absolute atomic E-state index is 0.143. The van der Waals surface area contributed by atoms with Crippen LogP contribution >= 0.6 is 0 Å². The van der Waals surface area contributed by atoms with Crippen LogP contribution in [-0.4, -0.2) is 11.0 Å². The van der Waals surface area contributed by atoms with E-state index < -0.39 is 0 Å². The molecule has 4 N–H and O–H groups in total. The van der Waals surface area contributed by atoms with E-state index in [4.69, 9.17) is 5.73 Å². The number of nitrogen functional groups attached to an aromatic ring is 1. The van der Waals surface area contributed by atoms with Crippen LogP contribution in [0.25, 0.3) is 0 Å². The molecular weight excluding hydrogens is 252 g/mol. The van der Waals surface area contributed by atoms with E-state index in [9.17, 15) is 9.90 Å². The number of hydrogen-bond donors (Lipinski definition) is 3. The topological polar surface area (TPSA) is 75.3 Å². The van der Waals surface area contributed by atoms with Gasteiger partial charge in [-0.25, -0.2) is 0 Å². The quantitative estimate of drug-likeness (QED) is 0.734. The van der Waals surface area contributed by atoms with Crippen molar-refractivity contribution >= 4 is 17.3 Å². The number of aromatic hydroxyl groups is 1. The van der Waals surface area contributed by atoms with Gasteiger partial charge < -0.3 is 16.2 Å². The summed E-state index contributed by atoms with van der Waals surface area (Å²) in [6.07, 6.45) is 0. The molecule has 2 rings (SSSR count). The third kappa shape index (κ3) is 2.74. The Labute approximate surface area is 118 Å². The van der Waals surface area contributed by atoms with Gasteiger partial charge in [-0.05, 0) is 67.8 Å². The highest BCUT2D eigenvalue weighted by Crippen LogP contribution is 2.24. The Kier molecular flexibility index (Phi) is 3.66. The molecule has 0 fully saturated rings. The number of hydrogen-bond acceptors (Lipinski definition) is 3. The molecule has 0 aliphatic carbocycles. The predicted octanol–water partition coefficient (Wildman–Crippen LogP) is 3.15. The number of phenols is 1. The van der Waals surface area contributed by atoms with Crippen LogP contribution in [0, 0.1) is 20.8 Å². The van der Waals surface area contributed by atoms with E-state index in [2.05, 4.69) is 5.32 Å². The van der Waals surface area contributed by atoms with Gasteiger partial charge in [0, 0.05) is 5.56 Å². The molecule has 0 unspecified atom stereocenters. The number of nitrogens with two attached hydrogens (primary N) is 1. The van der Waals surface area contributed by atoms with Crippen molar-refractivity contribution in [3.63, 3.8) is 0 Å². The number of anilines is 2. The third-order valence-corrected chi connectivity index (χ3v) is 3.37. The first kappa shape index (κ1) is 13.9. The number of carbonyl (C=O) groups excluding carboxylic acids is 1. The molecule has 0 bridgehead atoms. The van der Waals surface area contributed by atoms with Crippen molar-refractivity contribution in [3.8, 4) is 5.75 Å². The largest absolute Gasteiger partial charge is 0.508 e. The van der Waals surface area contributed by atoms with Crippen molar-refractivity contribution in [2.75, 3.05) is 11.1 Å². The summed E-state index contributed by atoms with van der Waals surface area (Å²) < 4.78 is 0. The normalized spacial score (nSPS) is 10.3. The smallest absolute Gasteiger partial charge is 0.255 e. The van der Waals surface area contributed by atoms with Gasteiger partial charge in [-0.3, -0.25) is 4.79 Å². The molecule has 20 heavy (non-hydrogen) atoms. The number of benzene rings is 2. The van der Waals surface area contributed by atoms with Crippen molar-refractivity contribution in [2.45, 2.75) is 20.8 Å². The van der Waals surface area contributed by atoms with E-state index in [0.29, 0.717) is 22.5 Å². The van der Waals surface area contributed by atoms with Crippen molar-refractivity contribution in [1.82, 2.24) is 0 Å². The molecule has 0 saturated carbocycles. The minimum atomic E-state index is -0.238. The average Bonchev–Trinajstić information content (AvgIpc) is 2.35. The van der Waals surface area contributed by atoms with Crippen LogP contribution in [0.5, 0.6) is 5.75 Å². The molecule has 0 saturated heterocycles. The molecule has 1 amide bonds. The lowest BCUT2D eigenvalue weighted by Gasteiger charge is -2.12. The van der Waals surface area contributed by atoms with Crippen LogP contribution in [0.4, 0.5) is 11.4 Å². The lowest BCUT2D eigenvalue weighted by molar-refractivity contribution is 0.102. The summed E-state index contributed by atoms with van der Waals surface area (Å²) in [4.78, 5) is 12.2. The van der Waals surface area contributed by atoms with E-state index >= 15 is 0 Å². The minimum Gasteiger partial charge on any atom is -0.508 e. The van der Waals surface area contributed by atoms with E-state index in [1.165, 1.54) is 6.07 Å². The second-order valence-corrected chi connectivity index (χ2v) is 4.98. The Morgan fingerprint density at radius 1 is 1.05 bits per heavy atom. The van der Waals surface area contributed by atoms with Crippen LogP contribution in [0.2, 0.25) is 0 Å². The van der Waals surface area contributed by atoms with Gasteiger partial charge in [0.1, 0.15) is 5.75 Å².